The van der Waals surface area contributed by atoms with Crippen molar-refractivity contribution in [3.63, 3.8) is 0 Å². The third-order valence-electron chi connectivity index (χ3n) is 6.71. The molecule has 3 amide bonds. The molecule has 1 aromatic carbocycles. The second kappa shape index (κ2) is 6.33. The molecule has 0 N–H and O–H groups in total. The summed E-state index contributed by atoms with van der Waals surface area (Å²) in [6.45, 7) is 7.62. The number of fused-ring (bicyclic) bond motifs is 2. The zero-order chi connectivity index (χ0) is 20.3. The first-order valence-electron chi connectivity index (χ1n) is 10.1. The Morgan fingerprint density at radius 2 is 1.75 bits per heavy atom. The Labute approximate surface area is 166 Å². The van der Waals surface area contributed by atoms with Crippen molar-refractivity contribution in [1.29, 1.82) is 0 Å². The van der Waals surface area contributed by atoms with E-state index in [-0.39, 0.29) is 29.2 Å². The Hall–Kier alpha value is -2.37. The fraction of sp³-hybridized carbons (Fsp3) is 0.591. The van der Waals surface area contributed by atoms with E-state index in [4.69, 9.17) is 0 Å². The predicted molar refractivity (Wildman–Crippen MR) is 107 cm³/mol. The smallest absolute Gasteiger partial charge is 0.237 e. The molecule has 0 aromatic heterocycles. The summed E-state index contributed by atoms with van der Waals surface area (Å²) in [4.78, 5) is 43.9. The predicted octanol–water partition coefficient (Wildman–Crippen LogP) is 2.17. The molecule has 1 atom stereocenters. The Bertz CT molecular complexity index is 834. The third-order valence-corrected chi connectivity index (χ3v) is 6.71. The molecule has 28 heavy (non-hydrogen) atoms. The van der Waals surface area contributed by atoms with Crippen LogP contribution in [0.3, 0.4) is 0 Å². The first-order chi connectivity index (χ1) is 13.1. The molecule has 0 saturated carbocycles. The normalized spacial score (nSPS) is 24.3. The van der Waals surface area contributed by atoms with Crippen molar-refractivity contribution >= 4 is 23.4 Å². The maximum Gasteiger partial charge on any atom is 0.237 e. The summed E-state index contributed by atoms with van der Waals surface area (Å²) < 4.78 is 0. The number of likely N-dealkylation sites (N-methyl/N-ethyl adjacent to an activating group) is 1. The number of carbonyl (C=O) groups excluding carboxylic acids is 3. The van der Waals surface area contributed by atoms with Gasteiger partial charge in [0.25, 0.3) is 0 Å². The largest absolute Gasteiger partial charge is 0.342 e. The average Bonchev–Trinajstić information content (AvgIpc) is 3.16. The van der Waals surface area contributed by atoms with E-state index in [2.05, 4.69) is 0 Å². The zero-order valence-corrected chi connectivity index (χ0v) is 17.2. The number of para-hydroxylation sites is 1. The molecule has 1 spiro atoms. The van der Waals surface area contributed by atoms with Gasteiger partial charge in [0.1, 0.15) is 0 Å². The van der Waals surface area contributed by atoms with Crippen molar-refractivity contribution in [3.8, 4) is 0 Å². The highest BCUT2D eigenvalue weighted by molar-refractivity contribution is 6.08. The van der Waals surface area contributed by atoms with E-state index in [1.54, 1.807) is 4.90 Å². The lowest BCUT2D eigenvalue weighted by molar-refractivity contribution is -0.139. The molecule has 2 fully saturated rings. The number of amides is 3. The number of nitrogens with zero attached hydrogens (tertiary/aromatic N) is 3. The monoisotopic (exact) mass is 383 g/mol. The number of hydrogen-bond acceptors (Lipinski definition) is 3. The van der Waals surface area contributed by atoms with Gasteiger partial charge in [-0.05, 0) is 45.2 Å². The summed E-state index contributed by atoms with van der Waals surface area (Å²) in [5, 5.41) is 0. The van der Waals surface area contributed by atoms with E-state index >= 15 is 0 Å². The van der Waals surface area contributed by atoms with Crippen molar-refractivity contribution in [2.75, 3.05) is 31.6 Å². The van der Waals surface area contributed by atoms with Crippen molar-refractivity contribution < 1.29 is 14.4 Å². The van der Waals surface area contributed by atoms with E-state index in [9.17, 15) is 14.4 Å². The molecule has 1 aromatic rings. The van der Waals surface area contributed by atoms with E-state index in [1.807, 2.05) is 61.9 Å². The van der Waals surface area contributed by atoms with E-state index < -0.39 is 5.41 Å². The van der Waals surface area contributed by atoms with Gasteiger partial charge in [-0.1, -0.05) is 18.2 Å². The van der Waals surface area contributed by atoms with Gasteiger partial charge in [-0.2, -0.15) is 0 Å². The van der Waals surface area contributed by atoms with Gasteiger partial charge < -0.3 is 14.7 Å². The van der Waals surface area contributed by atoms with Gasteiger partial charge in [0, 0.05) is 44.3 Å². The van der Waals surface area contributed by atoms with Crippen LogP contribution in [0.4, 0.5) is 5.69 Å². The summed E-state index contributed by atoms with van der Waals surface area (Å²) >= 11 is 0. The lowest BCUT2D eigenvalue weighted by Gasteiger charge is -2.39. The van der Waals surface area contributed by atoms with Crippen LogP contribution in [0.5, 0.6) is 0 Å². The fourth-order valence-corrected chi connectivity index (χ4v) is 5.09. The van der Waals surface area contributed by atoms with Crippen LogP contribution < -0.4 is 4.90 Å². The molecular weight excluding hydrogens is 354 g/mol. The number of carbonyl (C=O) groups is 3. The molecule has 0 aliphatic carbocycles. The van der Waals surface area contributed by atoms with E-state index in [0.717, 1.165) is 11.3 Å². The van der Waals surface area contributed by atoms with Crippen LogP contribution in [0.15, 0.2) is 24.3 Å². The molecule has 6 heteroatoms. The molecular formula is C22H29N3O3. The van der Waals surface area contributed by atoms with Gasteiger partial charge in [0.05, 0.1) is 11.3 Å². The summed E-state index contributed by atoms with van der Waals surface area (Å²) in [5.74, 6) is -0.0198. The Morgan fingerprint density at radius 3 is 2.36 bits per heavy atom. The zero-order valence-electron chi connectivity index (χ0n) is 17.2. The number of hydrogen-bond donors (Lipinski definition) is 0. The second-order valence-electron chi connectivity index (χ2n) is 9.36. The van der Waals surface area contributed by atoms with Crippen molar-refractivity contribution in [3.05, 3.63) is 29.8 Å². The Balaban J connectivity index is 1.47. The fourth-order valence-electron chi connectivity index (χ4n) is 5.09. The SMILES string of the molecule is CN1C(=O)C2(CCN(C(=O)[C@H]3CC(=O)N(C(C)(C)C)C3)CC2)c2ccccc21. The highest BCUT2D eigenvalue weighted by Gasteiger charge is 2.52. The maximum absolute atomic E-state index is 13.1. The van der Waals surface area contributed by atoms with Crippen LogP contribution >= 0.6 is 0 Å². The quantitative estimate of drug-likeness (QED) is 0.747. The van der Waals surface area contributed by atoms with Gasteiger partial charge in [-0.3, -0.25) is 14.4 Å². The van der Waals surface area contributed by atoms with Gasteiger partial charge >= 0.3 is 0 Å². The number of benzene rings is 1. The molecule has 0 unspecified atom stereocenters. The van der Waals surface area contributed by atoms with Crippen molar-refractivity contribution in [2.45, 2.75) is 51.0 Å². The first kappa shape index (κ1) is 19.0. The molecule has 2 saturated heterocycles. The minimum Gasteiger partial charge on any atom is -0.342 e. The van der Waals surface area contributed by atoms with Crippen LogP contribution in [0.1, 0.15) is 45.6 Å². The standard InChI is InChI=1S/C22H29N3O3/c1-21(2,3)25-14-15(13-18(25)26)19(27)24-11-9-22(10-12-24)16-7-5-6-8-17(16)23(4)20(22)28/h5-8,15H,9-14H2,1-4H3/t15-/m0/s1. The molecule has 4 rings (SSSR count). The maximum atomic E-state index is 13.1. The second-order valence-corrected chi connectivity index (χ2v) is 9.36. The Morgan fingerprint density at radius 1 is 1.11 bits per heavy atom. The molecule has 3 heterocycles. The van der Waals surface area contributed by atoms with Crippen molar-refractivity contribution in [2.24, 2.45) is 5.92 Å². The summed E-state index contributed by atoms with van der Waals surface area (Å²) in [5.41, 5.74) is 1.30. The lowest BCUT2D eigenvalue weighted by Crippen LogP contribution is -2.51. The molecule has 3 aliphatic heterocycles. The highest BCUT2D eigenvalue weighted by atomic mass is 16.2. The minimum absolute atomic E-state index is 0.0563. The lowest BCUT2D eigenvalue weighted by atomic mass is 9.73. The van der Waals surface area contributed by atoms with Crippen LogP contribution in [0.2, 0.25) is 0 Å². The van der Waals surface area contributed by atoms with Gasteiger partial charge in [0.15, 0.2) is 0 Å². The van der Waals surface area contributed by atoms with Crippen LogP contribution in [0, 0.1) is 5.92 Å². The molecule has 0 bridgehead atoms. The average molecular weight is 383 g/mol. The number of rotatable bonds is 1. The van der Waals surface area contributed by atoms with E-state index in [0.29, 0.717) is 38.9 Å². The van der Waals surface area contributed by atoms with Crippen LogP contribution in [-0.2, 0) is 19.8 Å². The summed E-state index contributed by atoms with van der Waals surface area (Å²) in [7, 11) is 1.83. The van der Waals surface area contributed by atoms with E-state index in [1.165, 1.54) is 0 Å². The molecule has 3 aliphatic rings. The van der Waals surface area contributed by atoms with Crippen LogP contribution in [-0.4, -0.2) is 59.7 Å². The minimum atomic E-state index is -0.509. The number of anilines is 1. The number of piperidine rings is 1. The first-order valence-corrected chi connectivity index (χ1v) is 10.1. The summed E-state index contributed by atoms with van der Waals surface area (Å²) in [6.07, 6.45) is 1.58. The van der Waals surface area contributed by atoms with Crippen LogP contribution in [0.25, 0.3) is 0 Å². The number of likely N-dealkylation sites (tertiary alicyclic amines) is 2. The van der Waals surface area contributed by atoms with Gasteiger partial charge in [-0.25, -0.2) is 0 Å². The van der Waals surface area contributed by atoms with Crippen molar-refractivity contribution in [1.82, 2.24) is 9.80 Å². The Kier molecular flexibility index (Phi) is 4.28. The van der Waals surface area contributed by atoms with Gasteiger partial charge in [-0.15, -0.1) is 0 Å². The summed E-state index contributed by atoms with van der Waals surface area (Å²) in [6, 6.07) is 7.98. The molecule has 0 radical (unpaired) electrons. The molecule has 6 nitrogen and oxygen atoms in total. The topological polar surface area (TPSA) is 60.9 Å². The highest BCUT2D eigenvalue weighted by Crippen LogP contribution is 2.47. The third kappa shape index (κ3) is 2.73. The molecule has 150 valence electrons. The van der Waals surface area contributed by atoms with Gasteiger partial charge in [0.2, 0.25) is 17.7 Å².